The number of carbonyl (C=O) groups excluding carboxylic acids is 1. The summed E-state index contributed by atoms with van der Waals surface area (Å²) in [4.78, 5) is 22.6. The maximum absolute atomic E-state index is 13.4. The molecule has 32 heavy (non-hydrogen) atoms. The maximum Gasteiger partial charge on any atom is 0.252 e. The van der Waals surface area contributed by atoms with Gasteiger partial charge in [-0.25, -0.2) is 4.39 Å². The van der Waals surface area contributed by atoms with Crippen molar-refractivity contribution in [2.45, 2.75) is 25.2 Å². The Bertz CT molecular complexity index is 1240. The van der Waals surface area contributed by atoms with Gasteiger partial charge in [0.15, 0.2) is 0 Å². The summed E-state index contributed by atoms with van der Waals surface area (Å²) in [5.41, 5.74) is 3.69. The van der Waals surface area contributed by atoms with Crippen LogP contribution in [0.25, 0.3) is 21.8 Å². The van der Waals surface area contributed by atoms with Crippen LogP contribution in [0, 0.1) is 5.82 Å². The van der Waals surface area contributed by atoms with Gasteiger partial charge in [-0.3, -0.25) is 9.78 Å². The molecule has 1 aliphatic heterocycles. The van der Waals surface area contributed by atoms with Crippen molar-refractivity contribution in [3.05, 3.63) is 77.9 Å². The highest BCUT2D eigenvalue weighted by atomic mass is 19.1. The second kappa shape index (κ2) is 9.09. The van der Waals surface area contributed by atoms with E-state index in [4.69, 9.17) is 0 Å². The van der Waals surface area contributed by atoms with Crippen LogP contribution in [0.3, 0.4) is 0 Å². The molecule has 0 spiro atoms. The van der Waals surface area contributed by atoms with Gasteiger partial charge in [-0.05, 0) is 80.7 Å². The molecule has 5 nitrogen and oxygen atoms in total. The van der Waals surface area contributed by atoms with E-state index in [0.717, 1.165) is 60.7 Å². The van der Waals surface area contributed by atoms with E-state index >= 15 is 0 Å². The lowest BCUT2D eigenvalue weighted by atomic mass is 9.89. The minimum Gasteiger partial charge on any atom is -0.361 e. The molecule has 3 heterocycles. The lowest BCUT2D eigenvalue weighted by Crippen LogP contribution is -2.35. The van der Waals surface area contributed by atoms with Gasteiger partial charge in [-0.1, -0.05) is 18.2 Å². The van der Waals surface area contributed by atoms with Crippen LogP contribution < -0.4 is 5.32 Å². The van der Waals surface area contributed by atoms with E-state index in [2.05, 4.69) is 20.2 Å². The molecule has 2 aromatic carbocycles. The number of halogens is 1. The van der Waals surface area contributed by atoms with Crippen molar-refractivity contribution in [2.24, 2.45) is 0 Å². The van der Waals surface area contributed by atoms with E-state index in [1.165, 1.54) is 11.6 Å². The molecule has 0 saturated carbocycles. The monoisotopic (exact) mass is 430 g/mol. The van der Waals surface area contributed by atoms with Gasteiger partial charge in [0.1, 0.15) is 5.82 Å². The molecule has 1 saturated heterocycles. The summed E-state index contributed by atoms with van der Waals surface area (Å²) < 4.78 is 13.4. The smallest absolute Gasteiger partial charge is 0.252 e. The fourth-order valence-corrected chi connectivity index (χ4v) is 4.82. The highest BCUT2D eigenvalue weighted by molar-refractivity contribution is 6.05. The third-order valence-electron chi connectivity index (χ3n) is 6.53. The maximum atomic E-state index is 13.4. The van der Waals surface area contributed by atoms with E-state index in [1.54, 1.807) is 18.3 Å². The number of para-hydroxylation sites is 1. The van der Waals surface area contributed by atoms with Crippen LogP contribution in [0.2, 0.25) is 0 Å². The largest absolute Gasteiger partial charge is 0.361 e. The molecule has 1 aliphatic rings. The van der Waals surface area contributed by atoms with E-state index in [0.29, 0.717) is 18.0 Å². The van der Waals surface area contributed by atoms with Crippen molar-refractivity contribution >= 4 is 27.7 Å². The number of hydrogen-bond acceptors (Lipinski definition) is 3. The van der Waals surface area contributed by atoms with Crippen molar-refractivity contribution in [1.29, 1.82) is 0 Å². The first-order valence-electron chi connectivity index (χ1n) is 11.3. The molecule has 0 bridgehead atoms. The number of pyridine rings is 1. The fourth-order valence-electron chi connectivity index (χ4n) is 4.82. The molecule has 0 radical (unpaired) electrons. The minimum absolute atomic E-state index is 0.0434. The van der Waals surface area contributed by atoms with Gasteiger partial charge in [-0.15, -0.1) is 0 Å². The van der Waals surface area contributed by atoms with Gasteiger partial charge in [0.25, 0.3) is 5.91 Å². The van der Waals surface area contributed by atoms with Gasteiger partial charge < -0.3 is 15.2 Å². The van der Waals surface area contributed by atoms with Crippen LogP contribution in [-0.2, 0) is 0 Å². The molecule has 2 aromatic heterocycles. The average molecular weight is 431 g/mol. The molecule has 164 valence electrons. The number of aromatic amines is 1. The SMILES string of the molecule is O=C(NCCCN1CCC(c2c[nH]c3cc(F)ccc23)CC1)c1ccnc2ccccc12. The summed E-state index contributed by atoms with van der Waals surface area (Å²) in [7, 11) is 0. The quantitative estimate of drug-likeness (QED) is 0.430. The van der Waals surface area contributed by atoms with Crippen LogP contribution in [0.15, 0.2) is 60.9 Å². The summed E-state index contributed by atoms with van der Waals surface area (Å²) in [5, 5.41) is 5.08. The molecule has 1 amide bonds. The second-order valence-corrected chi connectivity index (χ2v) is 8.53. The lowest BCUT2D eigenvalue weighted by Gasteiger charge is -2.32. The molecule has 0 atom stereocenters. The molecule has 4 aromatic rings. The topological polar surface area (TPSA) is 61.0 Å². The van der Waals surface area contributed by atoms with Crippen molar-refractivity contribution < 1.29 is 9.18 Å². The van der Waals surface area contributed by atoms with Crippen molar-refractivity contribution in [2.75, 3.05) is 26.2 Å². The van der Waals surface area contributed by atoms with Crippen molar-refractivity contribution in [3.63, 3.8) is 0 Å². The number of fused-ring (bicyclic) bond motifs is 2. The van der Waals surface area contributed by atoms with E-state index in [1.807, 2.05) is 36.5 Å². The number of hydrogen-bond donors (Lipinski definition) is 2. The summed E-state index contributed by atoms with van der Waals surface area (Å²) >= 11 is 0. The molecule has 2 N–H and O–H groups in total. The number of carbonyl (C=O) groups is 1. The van der Waals surface area contributed by atoms with Crippen molar-refractivity contribution in [3.8, 4) is 0 Å². The Morgan fingerprint density at radius 2 is 1.97 bits per heavy atom. The highest BCUT2D eigenvalue weighted by Crippen LogP contribution is 2.33. The van der Waals surface area contributed by atoms with E-state index in [-0.39, 0.29) is 11.7 Å². The molecule has 1 fully saturated rings. The standard InChI is InChI=1S/C26H27FN4O/c27-19-6-7-21-23(17-30-25(21)16-19)18-9-14-31(15-10-18)13-3-11-29-26(32)22-8-12-28-24-5-2-1-4-20(22)24/h1-2,4-8,12,16-18,30H,3,9-11,13-15H2,(H,29,32). The number of likely N-dealkylation sites (tertiary alicyclic amines) is 1. The number of nitrogens with zero attached hydrogens (tertiary/aromatic N) is 2. The van der Waals surface area contributed by atoms with Gasteiger partial charge in [0.05, 0.1) is 11.1 Å². The van der Waals surface area contributed by atoms with Gasteiger partial charge in [0, 0.05) is 35.2 Å². The third kappa shape index (κ3) is 4.23. The van der Waals surface area contributed by atoms with Gasteiger partial charge in [0.2, 0.25) is 0 Å². The summed E-state index contributed by atoms with van der Waals surface area (Å²) in [6.45, 7) is 3.72. The van der Waals surface area contributed by atoms with E-state index < -0.39 is 0 Å². The van der Waals surface area contributed by atoms with Crippen LogP contribution in [0.4, 0.5) is 4.39 Å². The Labute approximate surface area is 186 Å². The Kier molecular flexibility index (Phi) is 5.86. The number of piperidine rings is 1. The van der Waals surface area contributed by atoms with Crippen LogP contribution in [0.5, 0.6) is 0 Å². The Morgan fingerprint density at radius 3 is 2.84 bits per heavy atom. The number of rotatable bonds is 6. The molecular formula is C26H27FN4O. The predicted octanol–water partition coefficient (Wildman–Crippen LogP) is 4.85. The van der Waals surface area contributed by atoms with Crippen LogP contribution in [0.1, 0.15) is 41.1 Å². The zero-order valence-electron chi connectivity index (χ0n) is 18.0. The van der Waals surface area contributed by atoms with Crippen LogP contribution in [-0.4, -0.2) is 47.0 Å². The average Bonchev–Trinajstić information content (AvgIpc) is 3.24. The number of benzene rings is 2. The number of aromatic nitrogens is 2. The molecule has 0 aliphatic carbocycles. The summed E-state index contributed by atoms with van der Waals surface area (Å²) in [5.74, 6) is 0.258. The van der Waals surface area contributed by atoms with E-state index in [9.17, 15) is 9.18 Å². The number of H-pyrrole nitrogens is 1. The minimum atomic E-state index is -0.204. The number of nitrogens with one attached hydrogen (secondary N) is 2. The van der Waals surface area contributed by atoms with Crippen LogP contribution >= 0.6 is 0 Å². The predicted molar refractivity (Wildman–Crippen MR) is 125 cm³/mol. The fraction of sp³-hybridized carbons (Fsp3) is 0.308. The first-order chi connectivity index (χ1) is 15.7. The lowest BCUT2D eigenvalue weighted by molar-refractivity contribution is 0.0952. The zero-order valence-corrected chi connectivity index (χ0v) is 18.0. The van der Waals surface area contributed by atoms with Gasteiger partial charge >= 0.3 is 0 Å². The summed E-state index contributed by atoms with van der Waals surface area (Å²) in [6, 6.07) is 14.5. The van der Waals surface area contributed by atoms with Crippen molar-refractivity contribution in [1.82, 2.24) is 20.2 Å². The van der Waals surface area contributed by atoms with Gasteiger partial charge in [-0.2, -0.15) is 0 Å². The Balaban J connectivity index is 1.10. The highest BCUT2D eigenvalue weighted by Gasteiger charge is 2.22. The summed E-state index contributed by atoms with van der Waals surface area (Å²) in [6.07, 6.45) is 6.85. The molecule has 5 rings (SSSR count). The first-order valence-corrected chi connectivity index (χ1v) is 11.3. The second-order valence-electron chi connectivity index (χ2n) is 8.53. The third-order valence-corrected chi connectivity index (χ3v) is 6.53. The Morgan fingerprint density at radius 1 is 1.12 bits per heavy atom. The molecule has 0 unspecified atom stereocenters. The Hall–Kier alpha value is -3.25. The molecular weight excluding hydrogens is 403 g/mol. The molecule has 6 heteroatoms. The number of amides is 1. The normalized spacial score (nSPS) is 15.4. The zero-order chi connectivity index (χ0) is 21.9. The first kappa shape index (κ1) is 20.6.